The zero-order valence-corrected chi connectivity index (χ0v) is 11.8. The summed E-state index contributed by atoms with van der Waals surface area (Å²) in [6.45, 7) is 2.41. The first-order valence-corrected chi connectivity index (χ1v) is 6.81. The fraction of sp³-hybridized carbons (Fsp3) is 0.235. The number of rotatable bonds is 6. The van der Waals surface area contributed by atoms with Crippen LogP contribution >= 0.6 is 0 Å². The number of benzene rings is 2. The monoisotopic (exact) mass is 289 g/mol. The van der Waals surface area contributed by atoms with Gasteiger partial charge in [0.1, 0.15) is 6.61 Å². The summed E-state index contributed by atoms with van der Waals surface area (Å²) in [4.78, 5) is 5.16. The van der Waals surface area contributed by atoms with Crippen molar-refractivity contribution in [3.05, 3.63) is 70.8 Å². The van der Waals surface area contributed by atoms with Crippen LogP contribution in [0.3, 0.4) is 0 Å². The van der Waals surface area contributed by atoms with Crippen molar-refractivity contribution >= 4 is 6.21 Å². The smallest absolute Gasteiger partial charge is 0.264 e. The fourth-order valence-corrected chi connectivity index (χ4v) is 1.90. The Hall–Kier alpha value is -2.23. The molecule has 0 spiro atoms. The van der Waals surface area contributed by atoms with Gasteiger partial charge in [-0.15, -0.1) is 0 Å². The summed E-state index contributed by atoms with van der Waals surface area (Å²) in [5.41, 5.74) is 2.57. The summed E-state index contributed by atoms with van der Waals surface area (Å²) in [6.07, 6.45) is -0.208. The highest BCUT2D eigenvalue weighted by molar-refractivity contribution is 5.81. The molecule has 0 N–H and O–H groups in total. The maximum absolute atomic E-state index is 12.8. The van der Waals surface area contributed by atoms with E-state index in [0.29, 0.717) is 12.2 Å². The maximum atomic E-state index is 12.8. The van der Waals surface area contributed by atoms with Gasteiger partial charge in [-0.2, -0.15) is 0 Å². The zero-order valence-electron chi connectivity index (χ0n) is 11.8. The average molecular weight is 289 g/mol. The molecule has 4 heteroatoms. The van der Waals surface area contributed by atoms with Crippen molar-refractivity contribution in [3.8, 4) is 0 Å². The SMILES string of the molecule is CCc1ccc(CON=Cc2ccccc2C(F)F)cc1. The molecule has 0 heterocycles. The number of aryl methyl sites for hydroxylation is 1. The second-order valence-corrected chi connectivity index (χ2v) is 4.61. The number of hydrogen-bond donors (Lipinski definition) is 0. The van der Waals surface area contributed by atoms with Gasteiger partial charge in [-0.1, -0.05) is 60.6 Å². The molecule has 2 aromatic rings. The van der Waals surface area contributed by atoms with Crippen molar-refractivity contribution in [1.29, 1.82) is 0 Å². The van der Waals surface area contributed by atoms with Crippen LogP contribution in [0.25, 0.3) is 0 Å². The fourth-order valence-electron chi connectivity index (χ4n) is 1.90. The number of alkyl halides is 2. The quantitative estimate of drug-likeness (QED) is 0.556. The van der Waals surface area contributed by atoms with Gasteiger partial charge in [0.2, 0.25) is 0 Å². The predicted octanol–water partition coefficient (Wildman–Crippen LogP) is 4.74. The second-order valence-electron chi connectivity index (χ2n) is 4.61. The third-order valence-electron chi connectivity index (χ3n) is 3.16. The molecule has 0 unspecified atom stereocenters. The maximum Gasteiger partial charge on any atom is 0.264 e. The van der Waals surface area contributed by atoms with Crippen LogP contribution in [0.4, 0.5) is 8.78 Å². The molecule has 110 valence electrons. The summed E-state index contributed by atoms with van der Waals surface area (Å²) in [6, 6.07) is 14.3. The molecule has 0 bridgehead atoms. The van der Waals surface area contributed by atoms with E-state index in [-0.39, 0.29) is 5.56 Å². The van der Waals surface area contributed by atoms with Gasteiger partial charge in [0, 0.05) is 11.1 Å². The third-order valence-corrected chi connectivity index (χ3v) is 3.16. The van der Waals surface area contributed by atoms with Gasteiger partial charge in [0.15, 0.2) is 0 Å². The molecule has 0 saturated carbocycles. The number of oxime groups is 1. The molecule has 0 aromatic heterocycles. The molecule has 2 nitrogen and oxygen atoms in total. The van der Waals surface area contributed by atoms with Crippen LogP contribution in [0.15, 0.2) is 53.7 Å². The highest BCUT2D eigenvalue weighted by Crippen LogP contribution is 2.21. The first kappa shape index (κ1) is 15.2. The minimum atomic E-state index is -2.52. The molecule has 0 saturated heterocycles. The first-order valence-electron chi connectivity index (χ1n) is 6.81. The van der Waals surface area contributed by atoms with E-state index < -0.39 is 6.43 Å². The summed E-state index contributed by atoms with van der Waals surface area (Å²) in [5, 5.41) is 3.76. The van der Waals surface area contributed by atoms with Crippen LogP contribution in [-0.2, 0) is 17.9 Å². The Labute approximate surface area is 123 Å². The van der Waals surface area contributed by atoms with Crippen molar-refractivity contribution in [2.45, 2.75) is 26.4 Å². The standard InChI is InChI=1S/C17H17F2NO/c1-2-13-7-9-14(10-8-13)12-21-20-11-15-5-3-4-6-16(15)17(18)19/h3-11,17H,2,12H2,1H3. The van der Waals surface area contributed by atoms with Crippen LogP contribution < -0.4 is 0 Å². The van der Waals surface area contributed by atoms with E-state index in [2.05, 4.69) is 12.1 Å². The summed E-state index contributed by atoms with van der Waals surface area (Å²) in [5.74, 6) is 0. The average Bonchev–Trinajstić information content (AvgIpc) is 2.52. The van der Waals surface area contributed by atoms with Gasteiger partial charge in [-0.25, -0.2) is 8.78 Å². The van der Waals surface area contributed by atoms with Crippen molar-refractivity contribution in [3.63, 3.8) is 0 Å². The molecule has 2 rings (SSSR count). The molecule has 0 aliphatic rings. The van der Waals surface area contributed by atoms with Gasteiger partial charge in [-0.05, 0) is 17.5 Å². The molecule has 0 fully saturated rings. The lowest BCUT2D eigenvalue weighted by molar-refractivity contribution is 0.132. The second kappa shape index (κ2) is 7.53. The molecule has 21 heavy (non-hydrogen) atoms. The Morgan fingerprint density at radius 3 is 2.38 bits per heavy atom. The Kier molecular flexibility index (Phi) is 5.43. The summed E-state index contributed by atoms with van der Waals surface area (Å²) < 4.78 is 25.5. The van der Waals surface area contributed by atoms with E-state index in [1.165, 1.54) is 17.8 Å². The number of halogens is 2. The lowest BCUT2D eigenvalue weighted by Gasteiger charge is -2.04. The van der Waals surface area contributed by atoms with E-state index in [4.69, 9.17) is 4.84 Å². The molecule has 0 amide bonds. The molecular formula is C17H17F2NO. The van der Waals surface area contributed by atoms with Crippen LogP contribution in [0.2, 0.25) is 0 Å². The van der Waals surface area contributed by atoms with Crippen LogP contribution in [-0.4, -0.2) is 6.21 Å². The predicted molar refractivity (Wildman–Crippen MR) is 79.6 cm³/mol. The Morgan fingerprint density at radius 1 is 1.05 bits per heavy atom. The molecule has 0 aliphatic carbocycles. The van der Waals surface area contributed by atoms with Gasteiger partial charge in [-0.3, -0.25) is 0 Å². The normalized spacial score (nSPS) is 11.2. The van der Waals surface area contributed by atoms with Crippen molar-refractivity contribution in [2.24, 2.45) is 5.16 Å². The zero-order chi connectivity index (χ0) is 15.1. The van der Waals surface area contributed by atoms with Crippen molar-refractivity contribution < 1.29 is 13.6 Å². The van der Waals surface area contributed by atoms with Gasteiger partial charge < -0.3 is 4.84 Å². The first-order chi connectivity index (χ1) is 10.2. The highest BCUT2D eigenvalue weighted by atomic mass is 19.3. The Balaban J connectivity index is 1.93. The minimum absolute atomic E-state index is 0.0443. The van der Waals surface area contributed by atoms with E-state index in [1.807, 2.05) is 24.3 Å². The van der Waals surface area contributed by atoms with Gasteiger partial charge in [0.05, 0.1) is 6.21 Å². The number of hydrogen-bond acceptors (Lipinski definition) is 2. The van der Waals surface area contributed by atoms with E-state index in [0.717, 1.165) is 12.0 Å². The van der Waals surface area contributed by atoms with Crippen LogP contribution in [0, 0.1) is 0 Å². The summed E-state index contributed by atoms with van der Waals surface area (Å²) in [7, 11) is 0. The lowest BCUT2D eigenvalue weighted by Crippen LogP contribution is -1.94. The van der Waals surface area contributed by atoms with Gasteiger partial charge in [0.25, 0.3) is 6.43 Å². The third kappa shape index (κ3) is 4.38. The van der Waals surface area contributed by atoms with Crippen LogP contribution in [0.1, 0.15) is 35.6 Å². The Bertz CT molecular complexity index is 594. The molecule has 2 aromatic carbocycles. The van der Waals surface area contributed by atoms with Crippen molar-refractivity contribution in [1.82, 2.24) is 0 Å². The highest BCUT2D eigenvalue weighted by Gasteiger charge is 2.10. The lowest BCUT2D eigenvalue weighted by atomic mass is 10.1. The van der Waals surface area contributed by atoms with Gasteiger partial charge >= 0.3 is 0 Å². The number of nitrogens with zero attached hydrogens (tertiary/aromatic N) is 1. The molecular weight excluding hydrogens is 272 g/mol. The van der Waals surface area contributed by atoms with E-state index >= 15 is 0 Å². The Morgan fingerprint density at radius 2 is 1.71 bits per heavy atom. The molecule has 0 aliphatic heterocycles. The summed E-state index contributed by atoms with van der Waals surface area (Å²) >= 11 is 0. The molecule has 0 atom stereocenters. The van der Waals surface area contributed by atoms with E-state index in [9.17, 15) is 8.78 Å². The molecule has 0 radical (unpaired) electrons. The largest absolute Gasteiger partial charge is 0.391 e. The van der Waals surface area contributed by atoms with Crippen molar-refractivity contribution in [2.75, 3.05) is 0 Å². The van der Waals surface area contributed by atoms with Crippen LogP contribution in [0.5, 0.6) is 0 Å². The topological polar surface area (TPSA) is 21.6 Å². The van der Waals surface area contributed by atoms with E-state index in [1.54, 1.807) is 18.2 Å². The minimum Gasteiger partial charge on any atom is -0.391 e.